The van der Waals surface area contributed by atoms with Gasteiger partial charge < -0.3 is 0 Å². The van der Waals surface area contributed by atoms with Crippen molar-refractivity contribution < 1.29 is 0 Å². The summed E-state index contributed by atoms with van der Waals surface area (Å²) in [6.45, 7) is 9.50. The monoisotopic (exact) mass is 196 g/mol. The van der Waals surface area contributed by atoms with Crippen LogP contribution in [0.5, 0.6) is 0 Å². The van der Waals surface area contributed by atoms with Crippen molar-refractivity contribution in [3.8, 4) is 0 Å². The van der Waals surface area contributed by atoms with Gasteiger partial charge in [0.1, 0.15) is 0 Å². The molecule has 0 amide bonds. The maximum atomic E-state index is 4.33. The molecule has 14 heavy (non-hydrogen) atoms. The number of aryl methyl sites for hydroxylation is 1. The van der Waals surface area contributed by atoms with Crippen LogP contribution in [0, 0.1) is 5.41 Å². The fraction of sp³-hybridized carbons (Fsp3) is 0.900. The van der Waals surface area contributed by atoms with Crippen molar-refractivity contribution in [2.24, 2.45) is 5.41 Å². The second-order valence-electron chi connectivity index (χ2n) is 4.90. The minimum atomic E-state index is 0.211. The van der Waals surface area contributed by atoms with Crippen molar-refractivity contribution in [2.75, 3.05) is 0 Å². The third kappa shape index (κ3) is 3.85. The van der Waals surface area contributed by atoms with Crippen LogP contribution in [-0.4, -0.2) is 20.2 Å². The molecule has 0 aliphatic heterocycles. The summed E-state index contributed by atoms with van der Waals surface area (Å²) >= 11 is 0. The lowest BCUT2D eigenvalue weighted by Gasteiger charge is -2.15. The van der Waals surface area contributed by atoms with Gasteiger partial charge in [-0.3, -0.25) is 0 Å². The summed E-state index contributed by atoms with van der Waals surface area (Å²) in [5.41, 5.74) is 0.211. The molecule has 0 fully saturated rings. The van der Waals surface area contributed by atoms with Gasteiger partial charge in [-0.05, 0) is 17.0 Å². The zero-order valence-corrected chi connectivity index (χ0v) is 9.62. The molecule has 0 saturated carbocycles. The fourth-order valence-electron chi connectivity index (χ4n) is 1.20. The van der Waals surface area contributed by atoms with E-state index in [0.717, 1.165) is 25.2 Å². The molecule has 0 aliphatic carbocycles. The summed E-state index contributed by atoms with van der Waals surface area (Å²) in [7, 11) is 0. The van der Waals surface area contributed by atoms with Gasteiger partial charge in [0, 0.05) is 6.42 Å². The molecule has 0 spiro atoms. The average Bonchev–Trinajstić information content (AvgIpc) is 2.46. The Hall–Kier alpha value is -0.930. The molecule has 1 aromatic heterocycles. The molecule has 0 atom stereocenters. The van der Waals surface area contributed by atoms with Crippen molar-refractivity contribution in [1.82, 2.24) is 20.2 Å². The van der Waals surface area contributed by atoms with E-state index in [1.807, 2.05) is 0 Å². The Balaban J connectivity index is 2.51. The lowest BCUT2D eigenvalue weighted by molar-refractivity contribution is 0.299. The van der Waals surface area contributed by atoms with Crippen LogP contribution in [0.15, 0.2) is 0 Å². The highest BCUT2D eigenvalue weighted by molar-refractivity contribution is 4.76. The van der Waals surface area contributed by atoms with Crippen molar-refractivity contribution >= 4 is 0 Å². The van der Waals surface area contributed by atoms with Crippen LogP contribution >= 0.6 is 0 Å². The van der Waals surface area contributed by atoms with Gasteiger partial charge in [0.15, 0.2) is 5.82 Å². The highest BCUT2D eigenvalue weighted by Gasteiger charge is 2.13. The van der Waals surface area contributed by atoms with Gasteiger partial charge in [-0.2, -0.15) is 4.80 Å². The van der Waals surface area contributed by atoms with Gasteiger partial charge in [0.2, 0.25) is 0 Å². The van der Waals surface area contributed by atoms with E-state index in [1.54, 1.807) is 4.80 Å². The molecular formula is C10H20N4. The number of hydrogen-bond donors (Lipinski definition) is 0. The second-order valence-corrected chi connectivity index (χ2v) is 4.90. The SMILES string of the molecule is CCCCc1nnn(CC(C)(C)C)n1. The normalized spacial score (nSPS) is 12.0. The van der Waals surface area contributed by atoms with Gasteiger partial charge in [-0.25, -0.2) is 0 Å². The summed E-state index contributed by atoms with van der Waals surface area (Å²) in [5.74, 6) is 0.871. The van der Waals surface area contributed by atoms with Gasteiger partial charge in [0.05, 0.1) is 6.54 Å². The summed E-state index contributed by atoms with van der Waals surface area (Å²) in [6.07, 6.45) is 3.26. The van der Waals surface area contributed by atoms with Crippen molar-refractivity contribution in [3.63, 3.8) is 0 Å². The lowest BCUT2D eigenvalue weighted by atomic mass is 9.97. The fourth-order valence-corrected chi connectivity index (χ4v) is 1.20. The predicted octanol–water partition coefficient (Wildman–Crippen LogP) is 2.06. The summed E-state index contributed by atoms with van der Waals surface area (Å²) in [4.78, 5) is 1.70. The number of hydrogen-bond acceptors (Lipinski definition) is 3. The van der Waals surface area contributed by atoms with E-state index in [2.05, 4.69) is 43.1 Å². The van der Waals surface area contributed by atoms with Crippen LogP contribution in [-0.2, 0) is 13.0 Å². The number of aromatic nitrogens is 4. The van der Waals surface area contributed by atoms with Crippen molar-refractivity contribution in [1.29, 1.82) is 0 Å². The molecule has 1 aromatic rings. The molecule has 1 rings (SSSR count). The Morgan fingerprint density at radius 3 is 2.57 bits per heavy atom. The van der Waals surface area contributed by atoms with Gasteiger partial charge in [-0.1, -0.05) is 34.1 Å². The smallest absolute Gasteiger partial charge is 0.164 e. The third-order valence-corrected chi connectivity index (χ3v) is 1.86. The molecule has 4 heteroatoms. The summed E-state index contributed by atoms with van der Waals surface area (Å²) in [5, 5.41) is 12.4. The maximum Gasteiger partial charge on any atom is 0.174 e. The number of tetrazole rings is 1. The van der Waals surface area contributed by atoms with E-state index in [0.29, 0.717) is 0 Å². The van der Waals surface area contributed by atoms with Gasteiger partial charge in [-0.15, -0.1) is 10.2 Å². The minimum Gasteiger partial charge on any atom is -0.164 e. The zero-order valence-electron chi connectivity index (χ0n) is 9.62. The molecule has 0 aromatic carbocycles. The Morgan fingerprint density at radius 1 is 1.29 bits per heavy atom. The highest BCUT2D eigenvalue weighted by Crippen LogP contribution is 2.14. The Labute approximate surface area is 85.7 Å². The largest absolute Gasteiger partial charge is 0.174 e. The lowest BCUT2D eigenvalue weighted by Crippen LogP contribution is -2.17. The van der Waals surface area contributed by atoms with Gasteiger partial charge >= 0.3 is 0 Å². The first-order chi connectivity index (χ1) is 6.51. The standard InChI is InChI=1S/C10H20N4/c1-5-6-7-9-11-13-14(12-9)8-10(2,3)4/h5-8H2,1-4H3. The number of rotatable bonds is 4. The van der Waals surface area contributed by atoms with Crippen molar-refractivity contribution in [3.05, 3.63) is 5.82 Å². The quantitative estimate of drug-likeness (QED) is 0.740. The third-order valence-electron chi connectivity index (χ3n) is 1.86. The first-order valence-corrected chi connectivity index (χ1v) is 5.28. The molecule has 0 bridgehead atoms. The molecule has 80 valence electrons. The molecule has 1 heterocycles. The van der Waals surface area contributed by atoms with Gasteiger partial charge in [0.25, 0.3) is 0 Å². The predicted molar refractivity (Wildman–Crippen MR) is 55.9 cm³/mol. The Kier molecular flexibility index (Phi) is 3.61. The van der Waals surface area contributed by atoms with Crippen LogP contribution in [0.4, 0.5) is 0 Å². The van der Waals surface area contributed by atoms with Crippen LogP contribution < -0.4 is 0 Å². The average molecular weight is 196 g/mol. The molecular weight excluding hydrogens is 176 g/mol. The summed E-state index contributed by atoms with van der Waals surface area (Å²) in [6, 6.07) is 0. The van der Waals surface area contributed by atoms with E-state index < -0.39 is 0 Å². The molecule has 0 N–H and O–H groups in total. The number of unbranched alkanes of at least 4 members (excludes halogenated alkanes) is 1. The first kappa shape index (κ1) is 11.1. The van der Waals surface area contributed by atoms with E-state index >= 15 is 0 Å². The maximum absolute atomic E-state index is 4.33. The van der Waals surface area contributed by atoms with Crippen LogP contribution in [0.1, 0.15) is 46.4 Å². The molecule has 0 radical (unpaired) electrons. The minimum absolute atomic E-state index is 0.211. The summed E-state index contributed by atoms with van der Waals surface area (Å²) < 4.78 is 0. The molecule has 0 unspecified atom stereocenters. The van der Waals surface area contributed by atoms with E-state index in [-0.39, 0.29) is 5.41 Å². The van der Waals surface area contributed by atoms with Crippen LogP contribution in [0.25, 0.3) is 0 Å². The van der Waals surface area contributed by atoms with Crippen molar-refractivity contribution in [2.45, 2.75) is 53.5 Å². The van der Waals surface area contributed by atoms with E-state index in [1.165, 1.54) is 6.42 Å². The number of nitrogens with zero attached hydrogens (tertiary/aromatic N) is 4. The first-order valence-electron chi connectivity index (χ1n) is 5.28. The van der Waals surface area contributed by atoms with Crippen LogP contribution in [0.2, 0.25) is 0 Å². The molecule has 0 aliphatic rings. The Morgan fingerprint density at radius 2 is 2.00 bits per heavy atom. The molecule has 4 nitrogen and oxygen atoms in total. The zero-order chi connectivity index (χ0) is 10.6. The Bertz CT molecular complexity index is 272. The van der Waals surface area contributed by atoms with Crippen LogP contribution in [0.3, 0.4) is 0 Å². The topological polar surface area (TPSA) is 43.6 Å². The van der Waals surface area contributed by atoms with E-state index in [9.17, 15) is 0 Å². The second kappa shape index (κ2) is 4.53. The van der Waals surface area contributed by atoms with E-state index in [4.69, 9.17) is 0 Å². The highest BCUT2D eigenvalue weighted by atomic mass is 15.6. The molecule has 0 saturated heterocycles.